The van der Waals surface area contributed by atoms with Crippen molar-refractivity contribution in [1.82, 2.24) is 0 Å². The Kier molecular flexibility index (Phi) is 4.84. The third-order valence-corrected chi connectivity index (χ3v) is 6.24. The molecule has 90 valence electrons. The van der Waals surface area contributed by atoms with Gasteiger partial charge in [-0.15, -0.1) is 22.9 Å². The molecular formula is C11H5Br2Cl3S. The Morgan fingerprint density at radius 2 is 1.76 bits per heavy atom. The summed E-state index contributed by atoms with van der Waals surface area (Å²) in [6.07, 6.45) is 0. The van der Waals surface area contributed by atoms with Gasteiger partial charge in [-0.05, 0) is 45.8 Å². The second kappa shape index (κ2) is 5.81. The smallest absolute Gasteiger partial charge is 0.107 e. The average molecular weight is 435 g/mol. The molecule has 1 aromatic heterocycles. The lowest BCUT2D eigenvalue weighted by molar-refractivity contribution is 1.17. The van der Waals surface area contributed by atoms with Gasteiger partial charge in [0.1, 0.15) is 4.34 Å². The zero-order chi connectivity index (χ0) is 12.6. The van der Waals surface area contributed by atoms with Crippen molar-refractivity contribution in [3.05, 3.63) is 53.0 Å². The lowest BCUT2D eigenvalue weighted by Crippen LogP contribution is -1.91. The second-order valence-corrected chi connectivity index (χ2v) is 7.57. The standard InChI is InChI=1S/C11H5Br2Cl3S/c12-7-2-1-5(14)3-6(7)10(15)9-4-8(13)11(16)17-9/h1-4,10H. The molecular weight excluding hydrogens is 430 g/mol. The van der Waals surface area contributed by atoms with Crippen LogP contribution in [0.4, 0.5) is 0 Å². The van der Waals surface area contributed by atoms with Gasteiger partial charge in [-0.2, -0.15) is 0 Å². The first-order chi connectivity index (χ1) is 7.99. The lowest BCUT2D eigenvalue weighted by atomic mass is 10.1. The molecule has 0 saturated carbocycles. The van der Waals surface area contributed by atoms with Gasteiger partial charge >= 0.3 is 0 Å². The average Bonchev–Trinajstić information content (AvgIpc) is 2.62. The summed E-state index contributed by atoms with van der Waals surface area (Å²) in [5.41, 5.74) is 0.935. The minimum atomic E-state index is -0.267. The van der Waals surface area contributed by atoms with Crippen LogP contribution in [0, 0.1) is 0 Å². The fraction of sp³-hybridized carbons (Fsp3) is 0.0909. The molecule has 1 aromatic carbocycles. The highest BCUT2D eigenvalue weighted by molar-refractivity contribution is 9.10. The summed E-state index contributed by atoms with van der Waals surface area (Å²) in [5.74, 6) is 0. The molecule has 0 fully saturated rings. The number of hydrogen-bond acceptors (Lipinski definition) is 1. The van der Waals surface area contributed by atoms with E-state index >= 15 is 0 Å². The molecule has 0 nitrogen and oxygen atoms in total. The van der Waals surface area contributed by atoms with Gasteiger partial charge in [0.15, 0.2) is 0 Å². The van der Waals surface area contributed by atoms with Crippen LogP contribution in [0.2, 0.25) is 9.36 Å². The quantitative estimate of drug-likeness (QED) is 0.450. The Hall–Kier alpha value is 0.750. The van der Waals surface area contributed by atoms with E-state index in [0.29, 0.717) is 9.36 Å². The fourth-order valence-corrected chi connectivity index (χ4v) is 4.25. The minimum Gasteiger partial charge on any atom is -0.125 e. The van der Waals surface area contributed by atoms with Crippen LogP contribution in [0.25, 0.3) is 0 Å². The van der Waals surface area contributed by atoms with Gasteiger partial charge in [-0.25, -0.2) is 0 Å². The molecule has 0 radical (unpaired) electrons. The largest absolute Gasteiger partial charge is 0.125 e. The fourth-order valence-electron chi connectivity index (χ4n) is 1.35. The highest BCUT2D eigenvalue weighted by Crippen LogP contribution is 2.42. The van der Waals surface area contributed by atoms with Crippen LogP contribution < -0.4 is 0 Å². The molecule has 0 amide bonds. The second-order valence-electron chi connectivity index (χ2n) is 3.30. The summed E-state index contributed by atoms with van der Waals surface area (Å²) in [7, 11) is 0. The van der Waals surface area contributed by atoms with Gasteiger partial charge in [0.25, 0.3) is 0 Å². The summed E-state index contributed by atoms with van der Waals surface area (Å²) in [4.78, 5) is 0.978. The van der Waals surface area contributed by atoms with Crippen molar-refractivity contribution in [3.8, 4) is 0 Å². The Morgan fingerprint density at radius 3 is 2.35 bits per heavy atom. The van der Waals surface area contributed by atoms with Crippen LogP contribution in [-0.2, 0) is 0 Å². The van der Waals surface area contributed by atoms with Crippen molar-refractivity contribution < 1.29 is 0 Å². The molecule has 0 aliphatic carbocycles. The van der Waals surface area contributed by atoms with E-state index in [9.17, 15) is 0 Å². The van der Waals surface area contributed by atoms with E-state index in [1.54, 1.807) is 0 Å². The van der Waals surface area contributed by atoms with Crippen molar-refractivity contribution in [2.75, 3.05) is 0 Å². The zero-order valence-electron chi connectivity index (χ0n) is 8.18. The number of thiophene rings is 1. The summed E-state index contributed by atoms with van der Waals surface area (Å²) in [5, 5.41) is 0.396. The van der Waals surface area contributed by atoms with Gasteiger partial charge in [0.05, 0.1) is 5.38 Å². The van der Waals surface area contributed by atoms with E-state index in [1.807, 2.05) is 24.3 Å². The van der Waals surface area contributed by atoms with Crippen molar-refractivity contribution in [2.45, 2.75) is 5.38 Å². The van der Waals surface area contributed by atoms with Crippen molar-refractivity contribution in [3.63, 3.8) is 0 Å². The van der Waals surface area contributed by atoms with E-state index in [1.165, 1.54) is 11.3 Å². The molecule has 2 rings (SSSR count). The molecule has 0 aliphatic heterocycles. The van der Waals surface area contributed by atoms with Crippen molar-refractivity contribution in [2.24, 2.45) is 0 Å². The number of benzene rings is 1. The number of halogens is 5. The number of alkyl halides is 1. The molecule has 0 spiro atoms. The molecule has 17 heavy (non-hydrogen) atoms. The van der Waals surface area contributed by atoms with Crippen molar-refractivity contribution in [1.29, 1.82) is 0 Å². The molecule has 0 bridgehead atoms. The predicted octanol–water partition coefficient (Wildman–Crippen LogP) is 6.91. The van der Waals surface area contributed by atoms with Gasteiger partial charge in [-0.3, -0.25) is 0 Å². The third kappa shape index (κ3) is 3.20. The van der Waals surface area contributed by atoms with E-state index in [4.69, 9.17) is 34.8 Å². The van der Waals surface area contributed by atoms with Crippen molar-refractivity contribution >= 4 is 78.0 Å². The first kappa shape index (κ1) is 14.2. The van der Waals surface area contributed by atoms with Crippen LogP contribution in [0.1, 0.15) is 15.8 Å². The molecule has 2 aromatic rings. The molecule has 1 heterocycles. The monoisotopic (exact) mass is 432 g/mol. The zero-order valence-corrected chi connectivity index (χ0v) is 14.4. The highest BCUT2D eigenvalue weighted by Gasteiger charge is 2.18. The molecule has 0 aliphatic rings. The molecule has 0 saturated heterocycles. The minimum absolute atomic E-state index is 0.267. The van der Waals surface area contributed by atoms with Crippen LogP contribution in [-0.4, -0.2) is 0 Å². The van der Waals surface area contributed by atoms with Gasteiger partial charge in [0, 0.05) is 18.8 Å². The highest BCUT2D eigenvalue weighted by atomic mass is 79.9. The predicted molar refractivity (Wildman–Crippen MR) is 83.9 cm³/mol. The number of hydrogen-bond donors (Lipinski definition) is 0. The van der Waals surface area contributed by atoms with E-state index in [0.717, 1.165) is 19.4 Å². The molecule has 1 atom stereocenters. The Labute approximate surface area is 135 Å². The van der Waals surface area contributed by atoms with Crippen LogP contribution >= 0.6 is 78.0 Å². The van der Waals surface area contributed by atoms with Crippen LogP contribution in [0.5, 0.6) is 0 Å². The number of rotatable bonds is 2. The lowest BCUT2D eigenvalue weighted by Gasteiger charge is -2.10. The summed E-state index contributed by atoms with van der Waals surface area (Å²) < 4.78 is 2.49. The van der Waals surface area contributed by atoms with Gasteiger partial charge in [-0.1, -0.05) is 39.1 Å². The Balaban J connectivity index is 2.42. The van der Waals surface area contributed by atoms with Crippen LogP contribution in [0.15, 0.2) is 33.2 Å². The first-order valence-corrected chi connectivity index (χ1v) is 8.12. The Morgan fingerprint density at radius 1 is 1.06 bits per heavy atom. The maximum atomic E-state index is 6.44. The normalized spacial score (nSPS) is 12.8. The maximum Gasteiger partial charge on any atom is 0.107 e. The van der Waals surface area contributed by atoms with Gasteiger partial charge < -0.3 is 0 Å². The van der Waals surface area contributed by atoms with Gasteiger partial charge in [0.2, 0.25) is 0 Å². The maximum absolute atomic E-state index is 6.44. The molecule has 6 heteroatoms. The summed E-state index contributed by atoms with van der Waals surface area (Å²) in [6.45, 7) is 0. The Bertz CT molecular complexity index is 534. The summed E-state index contributed by atoms with van der Waals surface area (Å²) >= 11 is 26.7. The summed E-state index contributed by atoms with van der Waals surface area (Å²) in [6, 6.07) is 7.48. The van der Waals surface area contributed by atoms with E-state index < -0.39 is 0 Å². The van der Waals surface area contributed by atoms with Crippen LogP contribution in [0.3, 0.4) is 0 Å². The van der Waals surface area contributed by atoms with E-state index in [-0.39, 0.29) is 5.38 Å². The molecule has 0 N–H and O–H groups in total. The molecule has 1 unspecified atom stereocenters. The first-order valence-electron chi connectivity index (χ1n) is 4.53. The topological polar surface area (TPSA) is 0 Å². The van der Waals surface area contributed by atoms with E-state index in [2.05, 4.69) is 31.9 Å². The SMILES string of the molecule is Clc1ccc(Br)c(C(Cl)c2cc(Br)c(Cl)s2)c1. The third-order valence-electron chi connectivity index (χ3n) is 2.15.